The molecule has 3 heterocycles. The molecule has 19 nitrogen and oxygen atoms in total. The fourth-order valence-corrected chi connectivity index (χ4v) is 6.19. The highest BCUT2D eigenvalue weighted by Gasteiger charge is 2.52. The molecular weight excluding hydrogens is 748 g/mol. The lowest BCUT2D eigenvalue weighted by molar-refractivity contribution is -0.352. The number of carbonyl (C=O) groups excluding carboxylic acids is 1. The third-order valence-corrected chi connectivity index (χ3v) is 9.09. The van der Waals surface area contributed by atoms with Crippen molar-refractivity contribution in [2.45, 2.75) is 61.4 Å². The third kappa shape index (κ3) is 8.07. The number of aliphatic hydroxyl groups excluding tert-OH is 6. The number of aromatic hydroxyl groups is 4. The SMILES string of the molecule is COc1cc(C=CC(=O)O[C@H]2[C@@H](O[C@@H]3[C@@H](O)[C@@H](O)[C@@H](Oc4c(-c5ccc(O)cc5)oc5cc(O)cc(O)c5c4=O)O[C@H]3CO)O[C@H](CO)[C@H](O)[C@@H]2O)ccc1O. The summed E-state index contributed by atoms with van der Waals surface area (Å²) in [4.78, 5) is 26.7. The minimum Gasteiger partial charge on any atom is -0.508 e. The summed E-state index contributed by atoms with van der Waals surface area (Å²) in [7, 11) is 1.33. The van der Waals surface area contributed by atoms with Gasteiger partial charge < -0.3 is 83.9 Å². The number of phenols is 4. The predicted molar refractivity (Wildman–Crippen MR) is 188 cm³/mol. The van der Waals surface area contributed by atoms with Gasteiger partial charge in [-0.15, -0.1) is 0 Å². The number of aliphatic hydroxyl groups is 6. The molecule has 0 unspecified atom stereocenters. The van der Waals surface area contributed by atoms with E-state index in [1.807, 2.05) is 0 Å². The number of hydrogen-bond acceptors (Lipinski definition) is 19. The van der Waals surface area contributed by atoms with Crippen LogP contribution in [0.2, 0.25) is 0 Å². The van der Waals surface area contributed by atoms with E-state index in [4.69, 9.17) is 32.8 Å². The maximum Gasteiger partial charge on any atom is 0.331 e. The topological polar surface area (TPSA) is 305 Å². The number of benzene rings is 3. The van der Waals surface area contributed by atoms with Gasteiger partial charge in [0.25, 0.3) is 0 Å². The third-order valence-electron chi connectivity index (χ3n) is 9.09. The molecule has 10 N–H and O–H groups in total. The van der Waals surface area contributed by atoms with Gasteiger partial charge in [0.05, 0.1) is 20.3 Å². The molecule has 6 rings (SSSR count). The number of esters is 1. The molecule has 2 saturated heterocycles. The maximum absolute atomic E-state index is 13.8. The van der Waals surface area contributed by atoms with E-state index >= 15 is 0 Å². The molecule has 2 aliphatic rings. The van der Waals surface area contributed by atoms with Crippen molar-refractivity contribution in [2.24, 2.45) is 0 Å². The van der Waals surface area contributed by atoms with Gasteiger partial charge in [-0.3, -0.25) is 4.79 Å². The van der Waals surface area contributed by atoms with E-state index in [0.717, 1.165) is 18.2 Å². The molecule has 4 aromatic rings. The van der Waals surface area contributed by atoms with Gasteiger partial charge in [-0.05, 0) is 48.0 Å². The lowest BCUT2D eigenvalue weighted by atomic mass is 9.96. The van der Waals surface area contributed by atoms with E-state index < -0.39 is 109 Å². The van der Waals surface area contributed by atoms with Gasteiger partial charge in [-0.1, -0.05) is 6.07 Å². The molecule has 1 aromatic heterocycles. The molecule has 19 heteroatoms. The molecule has 0 aliphatic carbocycles. The fourth-order valence-electron chi connectivity index (χ4n) is 6.19. The van der Waals surface area contributed by atoms with Crippen LogP contribution in [0.3, 0.4) is 0 Å². The molecule has 0 saturated carbocycles. The van der Waals surface area contributed by atoms with Crippen LogP contribution in [0.25, 0.3) is 28.4 Å². The van der Waals surface area contributed by atoms with Crippen LogP contribution in [0.15, 0.2) is 69.9 Å². The highest BCUT2D eigenvalue weighted by molar-refractivity contribution is 5.88. The first-order valence-corrected chi connectivity index (χ1v) is 16.9. The quantitative estimate of drug-likeness (QED) is 0.0680. The van der Waals surface area contributed by atoms with Crippen molar-refractivity contribution in [1.29, 1.82) is 0 Å². The van der Waals surface area contributed by atoms with Crippen LogP contribution in [-0.2, 0) is 23.7 Å². The summed E-state index contributed by atoms with van der Waals surface area (Å²) in [5.74, 6) is -3.34. The second-order valence-electron chi connectivity index (χ2n) is 12.8. The molecule has 300 valence electrons. The van der Waals surface area contributed by atoms with E-state index in [-0.39, 0.29) is 34.2 Å². The van der Waals surface area contributed by atoms with Crippen molar-refractivity contribution in [2.75, 3.05) is 20.3 Å². The Labute approximate surface area is 315 Å². The average molecular weight is 787 g/mol. The Balaban J connectivity index is 1.26. The molecule has 0 bridgehead atoms. The molecule has 0 spiro atoms. The maximum atomic E-state index is 13.8. The zero-order valence-corrected chi connectivity index (χ0v) is 29.2. The Hall–Kier alpha value is -5.48. The summed E-state index contributed by atoms with van der Waals surface area (Å²) < 4.78 is 39.2. The Morgan fingerprint density at radius 2 is 1.45 bits per heavy atom. The van der Waals surface area contributed by atoms with E-state index in [1.165, 1.54) is 55.7 Å². The number of phenolic OH excluding ortho intramolecular Hbond substituents is 4. The van der Waals surface area contributed by atoms with Gasteiger partial charge in [0.2, 0.25) is 17.5 Å². The Morgan fingerprint density at radius 3 is 2.12 bits per heavy atom. The summed E-state index contributed by atoms with van der Waals surface area (Å²) in [6.07, 6.45) is -16.1. The Bertz CT molecular complexity index is 2110. The van der Waals surface area contributed by atoms with Crippen LogP contribution in [0.4, 0.5) is 0 Å². The number of rotatable bonds is 11. The van der Waals surface area contributed by atoms with Gasteiger partial charge in [0, 0.05) is 23.8 Å². The van der Waals surface area contributed by atoms with Crippen molar-refractivity contribution in [3.8, 4) is 45.8 Å². The van der Waals surface area contributed by atoms with Gasteiger partial charge in [0.15, 0.2) is 29.7 Å². The van der Waals surface area contributed by atoms with Crippen molar-refractivity contribution >= 4 is 23.0 Å². The lowest BCUT2D eigenvalue weighted by Crippen LogP contribution is -2.65. The van der Waals surface area contributed by atoms with Crippen LogP contribution in [-0.4, -0.2) is 139 Å². The summed E-state index contributed by atoms with van der Waals surface area (Å²) in [6, 6.07) is 11.4. The first-order valence-electron chi connectivity index (χ1n) is 16.9. The first kappa shape index (κ1) is 40.2. The molecule has 0 radical (unpaired) electrons. The van der Waals surface area contributed by atoms with Crippen LogP contribution >= 0.6 is 0 Å². The number of carbonyl (C=O) groups is 1. The van der Waals surface area contributed by atoms with Crippen molar-refractivity contribution in [3.63, 3.8) is 0 Å². The van der Waals surface area contributed by atoms with Crippen molar-refractivity contribution < 1.29 is 88.7 Å². The monoisotopic (exact) mass is 786 g/mol. The number of methoxy groups -OCH3 is 1. The molecule has 2 fully saturated rings. The molecule has 56 heavy (non-hydrogen) atoms. The molecule has 3 aromatic carbocycles. The second-order valence-corrected chi connectivity index (χ2v) is 12.8. The van der Waals surface area contributed by atoms with E-state index in [2.05, 4.69) is 0 Å². The smallest absolute Gasteiger partial charge is 0.331 e. The minimum absolute atomic E-state index is 0.115. The lowest BCUT2D eigenvalue weighted by Gasteiger charge is -2.46. The van der Waals surface area contributed by atoms with Crippen LogP contribution in [0, 0.1) is 0 Å². The molecular formula is C37H38O19. The summed E-state index contributed by atoms with van der Waals surface area (Å²) >= 11 is 0. The van der Waals surface area contributed by atoms with E-state index in [9.17, 15) is 60.7 Å². The average Bonchev–Trinajstić information content (AvgIpc) is 3.17. The van der Waals surface area contributed by atoms with E-state index in [0.29, 0.717) is 5.56 Å². The van der Waals surface area contributed by atoms with Gasteiger partial charge >= 0.3 is 5.97 Å². The summed E-state index contributed by atoms with van der Waals surface area (Å²) in [5, 5.41) is 104. The van der Waals surface area contributed by atoms with E-state index in [1.54, 1.807) is 0 Å². The number of hydrogen-bond donors (Lipinski definition) is 10. The number of ether oxygens (including phenoxy) is 6. The normalized spacial score (nSPS) is 28.0. The zero-order valence-electron chi connectivity index (χ0n) is 29.2. The Morgan fingerprint density at radius 1 is 0.768 bits per heavy atom. The Kier molecular flexibility index (Phi) is 12.0. The van der Waals surface area contributed by atoms with Gasteiger partial charge in [-0.2, -0.15) is 0 Å². The summed E-state index contributed by atoms with van der Waals surface area (Å²) in [5.41, 5.74) is -0.714. The zero-order chi connectivity index (χ0) is 40.4. The summed E-state index contributed by atoms with van der Waals surface area (Å²) in [6.45, 7) is -1.78. The standard InChI is InChI=1S/C37H38O19/c1-50-21-10-15(2-8-19(21)42)3-9-25(44)54-35-29(47)27(45)23(13-38)52-37(35)55-33-24(14-39)53-36(31(49)30(33)48)56-34-28(46)26-20(43)11-18(41)12-22(26)51-32(34)16-4-6-17(40)7-5-16/h2-12,23-24,27,29-31,33,35-43,45,47-49H,13-14H2,1H3/t23-,24+,27+,29+,30+,31-,33+,35-,36-,37-/m1/s1. The van der Waals surface area contributed by atoms with Crippen LogP contribution in [0.1, 0.15) is 5.56 Å². The minimum atomic E-state index is -2.09. The molecule has 10 atom stereocenters. The fraction of sp³-hybridized carbons (Fsp3) is 0.351. The number of fused-ring (bicyclic) bond motifs is 1. The van der Waals surface area contributed by atoms with Crippen LogP contribution in [0.5, 0.6) is 34.5 Å². The predicted octanol–water partition coefficient (Wildman–Crippen LogP) is -0.442. The van der Waals surface area contributed by atoms with Crippen LogP contribution < -0.4 is 14.9 Å². The van der Waals surface area contributed by atoms with Gasteiger partial charge in [0.1, 0.15) is 70.9 Å². The largest absolute Gasteiger partial charge is 0.508 e. The van der Waals surface area contributed by atoms with Crippen molar-refractivity contribution in [1.82, 2.24) is 0 Å². The highest BCUT2D eigenvalue weighted by atomic mass is 16.7. The van der Waals surface area contributed by atoms with Gasteiger partial charge in [-0.25, -0.2) is 4.79 Å². The molecule has 0 amide bonds. The molecule has 2 aliphatic heterocycles. The first-order chi connectivity index (χ1) is 26.7. The van der Waals surface area contributed by atoms with Crippen molar-refractivity contribution in [3.05, 3.63) is 76.5 Å². The second kappa shape index (κ2) is 16.7. The highest BCUT2D eigenvalue weighted by Crippen LogP contribution is 2.38.